The first kappa shape index (κ1) is 12.0. The maximum absolute atomic E-state index is 11.4. The van der Waals surface area contributed by atoms with Gasteiger partial charge in [0.15, 0.2) is 0 Å². The van der Waals surface area contributed by atoms with Gasteiger partial charge in [-0.3, -0.25) is 10.1 Å². The highest BCUT2D eigenvalue weighted by Gasteiger charge is 2.31. The van der Waals surface area contributed by atoms with Gasteiger partial charge >= 0.3 is 5.69 Å². The number of rotatable bonds is 4. The first-order chi connectivity index (χ1) is 7.44. The van der Waals surface area contributed by atoms with E-state index in [0.29, 0.717) is 5.41 Å². The Morgan fingerprint density at radius 1 is 1.56 bits per heavy atom. The molecular formula is C7H7N3O5S. The summed E-state index contributed by atoms with van der Waals surface area (Å²) in [5.74, 6) is -0.416. The Kier molecular flexibility index (Phi) is 3.18. The highest BCUT2D eigenvalue weighted by Crippen LogP contribution is 2.30. The van der Waals surface area contributed by atoms with E-state index >= 15 is 0 Å². The van der Waals surface area contributed by atoms with Crippen LogP contribution in [0.5, 0.6) is 5.88 Å². The molecule has 0 spiro atoms. The Hall–Kier alpha value is -2.03. The zero-order valence-electron chi connectivity index (χ0n) is 8.15. The van der Waals surface area contributed by atoms with E-state index in [-0.39, 0.29) is 0 Å². The maximum Gasteiger partial charge on any atom is 0.368 e. The first-order valence-electron chi connectivity index (χ1n) is 3.85. The number of hydrogen-bond donors (Lipinski definition) is 0. The molecule has 0 saturated heterocycles. The lowest BCUT2D eigenvalue weighted by Gasteiger charge is -2.02. The summed E-state index contributed by atoms with van der Waals surface area (Å²) in [4.78, 5) is 16.6. The number of nitro groups is 1. The van der Waals surface area contributed by atoms with Crippen LogP contribution in [0.1, 0.15) is 0 Å². The summed E-state index contributed by atoms with van der Waals surface area (Å²) < 4.78 is 27.4. The summed E-state index contributed by atoms with van der Waals surface area (Å²) in [5, 5.41) is 10.5. The molecule has 0 amide bonds. The lowest BCUT2D eigenvalue weighted by atomic mass is 10.5. The molecule has 1 aromatic rings. The number of methoxy groups -OCH3 is 1. The van der Waals surface area contributed by atoms with Gasteiger partial charge < -0.3 is 4.74 Å². The van der Waals surface area contributed by atoms with Gasteiger partial charge in [-0.05, 0) is 0 Å². The van der Waals surface area contributed by atoms with Crippen LogP contribution in [0.15, 0.2) is 23.3 Å². The molecule has 0 aliphatic rings. The SMILES string of the molecule is C=CS(=O)(=O)c1ncnc(OC)c1[N+](=O)[O-]. The van der Waals surface area contributed by atoms with E-state index in [4.69, 9.17) is 0 Å². The number of hydrogen-bond acceptors (Lipinski definition) is 7. The van der Waals surface area contributed by atoms with Crippen LogP contribution in [0.3, 0.4) is 0 Å². The molecule has 0 aliphatic carbocycles. The van der Waals surface area contributed by atoms with Gasteiger partial charge in [0, 0.05) is 5.41 Å². The molecule has 0 radical (unpaired) electrons. The molecule has 1 heterocycles. The fourth-order valence-electron chi connectivity index (χ4n) is 0.940. The summed E-state index contributed by atoms with van der Waals surface area (Å²) >= 11 is 0. The maximum atomic E-state index is 11.4. The topological polar surface area (TPSA) is 112 Å². The highest BCUT2D eigenvalue weighted by molar-refractivity contribution is 7.94. The Bertz CT molecular complexity index is 539. The molecule has 86 valence electrons. The number of sulfone groups is 1. The molecule has 0 fully saturated rings. The fraction of sp³-hybridized carbons (Fsp3) is 0.143. The van der Waals surface area contributed by atoms with Crippen LogP contribution in [0.4, 0.5) is 5.69 Å². The molecule has 0 aliphatic heterocycles. The third kappa shape index (κ3) is 1.98. The smallest absolute Gasteiger partial charge is 0.368 e. The van der Waals surface area contributed by atoms with Crippen molar-refractivity contribution >= 4 is 15.5 Å². The Morgan fingerprint density at radius 3 is 2.62 bits per heavy atom. The second kappa shape index (κ2) is 4.23. The van der Waals surface area contributed by atoms with Crippen LogP contribution in [-0.4, -0.2) is 30.4 Å². The second-order valence-corrected chi connectivity index (χ2v) is 4.32. The quantitative estimate of drug-likeness (QED) is 0.426. The first-order valence-corrected chi connectivity index (χ1v) is 5.39. The largest absolute Gasteiger partial charge is 0.476 e. The summed E-state index contributed by atoms with van der Waals surface area (Å²) in [6.45, 7) is 3.05. The normalized spacial score (nSPS) is 10.8. The van der Waals surface area contributed by atoms with Crippen molar-refractivity contribution in [1.29, 1.82) is 0 Å². The van der Waals surface area contributed by atoms with E-state index < -0.39 is 31.4 Å². The molecule has 0 atom stereocenters. The van der Waals surface area contributed by atoms with Gasteiger partial charge in [-0.2, -0.15) is 4.98 Å². The molecule has 16 heavy (non-hydrogen) atoms. The molecule has 8 nitrogen and oxygen atoms in total. The monoisotopic (exact) mass is 245 g/mol. The fourth-order valence-corrected chi connectivity index (χ4v) is 1.72. The van der Waals surface area contributed by atoms with E-state index in [0.717, 1.165) is 13.4 Å². The van der Waals surface area contributed by atoms with Crippen molar-refractivity contribution in [3.05, 3.63) is 28.4 Å². The van der Waals surface area contributed by atoms with Crippen molar-refractivity contribution in [2.45, 2.75) is 5.03 Å². The Morgan fingerprint density at radius 2 is 2.19 bits per heavy atom. The lowest BCUT2D eigenvalue weighted by Crippen LogP contribution is -2.07. The standard InChI is InChI=1S/C7H7N3O5S/c1-3-16(13,14)7-5(10(11)12)6(15-2)8-4-9-7/h3-4H,1H2,2H3. The van der Waals surface area contributed by atoms with Crippen LogP contribution < -0.4 is 4.74 Å². The van der Waals surface area contributed by atoms with Gasteiger partial charge in [-0.1, -0.05) is 6.58 Å². The summed E-state index contributed by atoms with van der Waals surface area (Å²) in [7, 11) is -2.88. The van der Waals surface area contributed by atoms with Crippen LogP contribution in [-0.2, 0) is 9.84 Å². The summed E-state index contributed by atoms with van der Waals surface area (Å²) in [5.41, 5.74) is -0.801. The molecule has 0 saturated carbocycles. The molecule has 0 bridgehead atoms. The number of aromatic nitrogens is 2. The molecule has 0 N–H and O–H groups in total. The molecule has 0 aromatic carbocycles. The zero-order chi connectivity index (χ0) is 12.3. The van der Waals surface area contributed by atoms with E-state index in [1.807, 2.05) is 0 Å². The zero-order valence-corrected chi connectivity index (χ0v) is 8.97. The van der Waals surface area contributed by atoms with Gasteiger partial charge in [-0.25, -0.2) is 13.4 Å². The number of ether oxygens (including phenoxy) is 1. The van der Waals surface area contributed by atoms with Crippen LogP contribution in [0.25, 0.3) is 0 Å². The van der Waals surface area contributed by atoms with E-state index in [1.165, 1.54) is 0 Å². The molecule has 1 rings (SSSR count). The van der Waals surface area contributed by atoms with Gasteiger partial charge in [-0.15, -0.1) is 0 Å². The van der Waals surface area contributed by atoms with Gasteiger partial charge in [0.25, 0.3) is 5.88 Å². The highest BCUT2D eigenvalue weighted by atomic mass is 32.2. The molecule has 1 aromatic heterocycles. The average Bonchev–Trinajstić information content (AvgIpc) is 2.27. The van der Waals surface area contributed by atoms with Crippen molar-refractivity contribution in [3.63, 3.8) is 0 Å². The Labute approximate surface area is 90.7 Å². The minimum Gasteiger partial charge on any atom is -0.476 e. The van der Waals surface area contributed by atoms with Crippen LogP contribution >= 0.6 is 0 Å². The molecule has 9 heteroatoms. The number of nitrogens with zero attached hydrogens (tertiary/aromatic N) is 3. The van der Waals surface area contributed by atoms with Gasteiger partial charge in [0.1, 0.15) is 6.33 Å². The summed E-state index contributed by atoms with van der Waals surface area (Å²) in [6.07, 6.45) is 0.863. The van der Waals surface area contributed by atoms with Crippen molar-refractivity contribution in [2.24, 2.45) is 0 Å². The average molecular weight is 245 g/mol. The lowest BCUT2D eigenvalue weighted by molar-refractivity contribution is -0.389. The predicted molar refractivity (Wildman–Crippen MR) is 52.6 cm³/mol. The van der Waals surface area contributed by atoms with E-state index in [9.17, 15) is 18.5 Å². The molecule has 0 unspecified atom stereocenters. The summed E-state index contributed by atoms with van der Waals surface area (Å²) in [6, 6.07) is 0. The van der Waals surface area contributed by atoms with Gasteiger partial charge in [0.05, 0.1) is 12.0 Å². The van der Waals surface area contributed by atoms with Gasteiger partial charge in [0.2, 0.25) is 14.9 Å². The van der Waals surface area contributed by atoms with Crippen LogP contribution in [0, 0.1) is 10.1 Å². The van der Waals surface area contributed by atoms with Crippen LogP contribution in [0.2, 0.25) is 0 Å². The van der Waals surface area contributed by atoms with Crippen molar-refractivity contribution in [1.82, 2.24) is 9.97 Å². The van der Waals surface area contributed by atoms with Crippen molar-refractivity contribution in [3.8, 4) is 5.88 Å². The van der Waals surface area contributed by atoms with Crippen molar-refractivity contribution < 1.29 is 18.1 Å². The molecular weight excluding hydrogens is 238 g/mol. The third-order valence-corrected chi connectivity index (χ3v) is 2.90. The van der Waals surface area contributed by atoms with E-state index in [2.05, 4.69) is 21.3 Å². The third-order valence-electron chi connectivity index (χ3n) is 1.62. The predicted octanol–water partition coefficient (Wildman–Crippen LogP) is 0.311. The minimum atomic E-state index is -4.02. The Balaban J connectivity index is 3.64. The van der Waals surface area contributed by atoms with Crippen molar-refractivity contribution in [2.75, 3.05) is 7.11 Å². The van der Waals surface area contributed by atoms with E-state index in [1.54, 1.807) is 0 Å². The second-order valence-electron chi connectivity index (χ2n) is 2.51. The minimum absolute atomic E-state index is 0.416.